The lowest BCUT2D eigenvalue weighted by atomic mass is 9.98. The van der Waals surface area contributed by atoms with Gasteiger partial charge in [-0.1, -0.05) is 0 Å². The van der Waals surface area contributed by atoms with E-state index in [1.54, 1.807) is 0 Å². The molecular weight excluding hydrogens is 320 g/mol. The van der Waals surface area contributed by atoms with Crippen LogP contribution in [0.3, 0.4) is 0 Å². The van der Waals surface area contributed by atoms with Crippen molar-refractivity contribution in [2.45, 2.75) is 55.1 Å². The van der Waals surface area contributed by atoms with Gasteiger partial charge in [-0.25, -0.2) is 0 Å². The molecule has 0 radical (unpaired) electrons. The normalized spacial score (nSPS) is 37.2. The molecule has 0 saturated carbocycles. The molecule has 11 nitrogen and oxygen atoms in total. The predicted octanol–water partition coefficient (Wildman–Crippen LogP) is -5.76. The maximum Gasteiger partial charge on any atom is 0.187 e. The van der Waals surface area contributed by atoms with Crippen LogP contribution in [0.4, 0.5) is 0 Å². The monoisotopic (exact) mass is 344 g/mol. The Labute approximate surface area is 131 Å². The summed E-state index contributed by atoms with van der Waals surface area (Å²) in [4.78, 5) is 0. The molecule has 9 N–H and O–H groups in total. The number of rotatable bonds is 8. The van der Waals surface area contributed by atoms with Crippen molar-refractivity contribution in [2.75, 3.05) is 19.8 Å². The van der Waals surface area contributed by atoms with E-state index in [4.69, 9.17) is 24.8 Å². The lowest BCUT2D eigenvalue weighted by Crippen LogP contribution is -2.61. The molecule has 0 aromatic carbocycles. The van der Waals surface area contributed by atoms with Crippen LogP contribution >= 0.6 is 0 Å². The average Bonchev–Trinajstić information content (AvgIpc) is 2.57. The summed E-state index contributed by atoms with van der Waals surface area (Å²) in [5, 5.41) is 84.9. The zero-order valence-corrected chi connectivity index (χ0v) is 12.2. The van der Waals surface area contributed by atoms with Gasteiger partial charge in [0.1, 0.15) is 48.8 Å². The molecule has 1 fully saturated rings. The van der Waals surface area contributed by atoms with Crippen LogP contribution in [0.2, 0.25) is 0 Å². The van der Waals surface area contributed by atoms with Gasteiger partial charge in [0, 0.05) is 0 Å². The van der Waals surface area contributed by atoms with Gasteiger partial charge in [-0.3, -0.25) is 0 Å². The lowest BCUT2D eigenvalue weighted by molar-refractivity contribution is -0.327. The van der Waals surface area contributed by atoms with E-state index in [2.05, 4.69) is 0 Å². The molecule has 0 aromatic heterocycles. The molecule has 0 spiro atoms. The van der Waals surface area contributed by atoms with Gasteiger partial charge in [-0.15, -0.1) is 0 Å². The van der Waals surface area contributed by atoms with E-state index < -0.39 is 74.9 Å². The van der Waals surface area contributed by atoms with Crippen molar-refractivity contribution in [3.05, 3.63) is 0 Å². The highest BCUT2D eigenvalue weighted by Gasteiger charge is 2.46. The highest BCUT2D eigenvalue weighted by Crippen LogP contribution is 2.24. The first-order valence-electron chi connectivity index (χ1n) is 7.00. The number of hydrogen-bond donors (Lipinski definition) is 9. The minimum absolute atomic E-state index is 0.708. The van der Waals surface area contributed by atoms with Crippen molar-refractivity contribution in [3.8, 4) is 0 Å². The number of hydrogen-bond acceptors (Lipinski definition) is 11. The minimum atomic E-state index is -1.85. The number of ether oxygens (including phenoxy) is 2. The Kier molecular flexibility index (Phi) is 8.20. The second kappa shape index (κ2) is 9.15. The first-order chi connectivity index (χ1) is 10.8. The van der Waals surface area contributed by atoms with Gasteiger partial charge >= 0.3 is 0 Å². The minimum Gasteiger partial charge on any atom is -0.394 e. The third-order valence-electron chi connectivity index (χ3n) is 3.62. The van der Waals surface area contributed by atoms with Crippen molar-refractivity contribution in [1.82, 2.24) is 0 Å². The van der Waals surface area contributed by atoms with Crippen molar-refractivity contribution in [2.24, 2.45) is 0 Å². The zero-order valence-electron chi connectivity index (χ0n) is 12.2. The quantitative estimate of drug-likeness (QED) is 0.203. The summed E-state index contributed by atoms with van der Waals surface area (Å²) in [5.74, 6) is 0. The Hall–Kier alpha value is -0.440. The molecule has 23 heavy (non-hydrogen) atoms. The summed E-state index contributed by atoms with van der Waals surface area (Å²) in [6, 6.07) is 0. The van der Waals surface area contributed by atoms with Gasteiger partial charge < -0.3 is 55.4 Å². The molecule has 0 aliphatic carbocycles. The topological polar surface area (TPSA) is 201 Å². The molecule has 138 valence electrons. The van der Waals surface area contributed by atoms with Gasteiger partial charge in [0.05, 0.1) is 19.8 Å². The van der Waals surface area contributed by atoms with Gasteiger partial charge in [-0.05, 0) is 0 Å². The van der Waals surface area contributed by atoms with Gasteiger partial charge in [-0.2, -0.15) is 0 Å². The van der Waals surface area contributed by atoms with Crippen LogP contribution < -0.4 is 0 Å². The summed E-state index contributed by atoms with van der Waals surface area (Å²) in [5.41, 5.74) is 0. The molecule has 0 amide bonds. The van der Waals surface area contributed by atoms with Crippen LogP contribution in [0, 0.1) is 0 Å². The second-order valence-electron chi connectivity index (χ2n) is 5.29. The molecule has 1 aliphatic heterocycles. The Bertz CT molecular complexity index is 341. The van der Waals surface area contributed by atoms with Crippen LogP contribution in [0.1, 0.15) is 0 Å². The van der Waals surface area contributed by atoms with Gasteiger partial charge in [0.25, 0.3) is 0 Å². The fourth-order valence-corrected chi connectivity index (χ4v) is 2.16. The van der Waals surface area contributed by atoms with Crippen molar-refractivity contribution >= 4 is 0 Å². The Balaban J connectivity index is 2.89. The fraction of sp³-hybridized carbons (Fsp3) is 1.00. The molecule has 0 unspecified atom stereocenters. The van der Waals surface area contributed by atoms with E-state index in [0.29, 0.717) is 0 Å². The predicted molar refractivity (Wildman–Crippen MR) is 70.8 cm³/mol. The first kappa shape index (κ1) is 20.6. The maximum atomic E-state index is 9.83. The van der Waals surface area contributed by atoms with Gasteiger partial charge in [0.15, 0.2) is 6.29 Å². The lowest BCUT2D eigenvalue weighted by Gasteiger charge is -2.42. The van der Waals surface area contributed by atoms with Crippen molar-refractivity contribution in [1.29, 1.82) is 0 Å². The Morgan fingerprint density at radius 1 is 0.826 bits per heavy atom. The SMILES string of the molecule is OC[C@@H](O)[C@H](O)[C@H](O[C@H]1O[C@@H](CO)[C@@H](O)[C@@H](O)[C@@H]1O)[C@H](O)CO. The highest BCUT2D eigenvalue weighted by atomic mass is 16.7. The molecule has 0 bridgehead atoms. The second-order valence-corrected chi connectivity index (χ2v) is 5.29. The first-order valence-corrected chi connectivity index (χ1v) is 7.00. The molecule has 1 aliphatic rings. The number of aliphatic hydroxyl groups excluding tert-OH is 9. The zero-order chi connectivity index (χ0) is 17.7. The van der Waals surface area contributed by atoms with E-state index in [9.17, 15) is 30.6 Å². The molecule has 1 rings (SSSR count). The molecule has 9 atom stereocenters. The van der Waals surface area contributed by atoms with E-state index in [0.717, 1.165) is 0 Å². The third kappa shape index (κ3) is 4.78. The largest absolute Gasteiger partial charge is 0.394 e. The maximum absolute atomic E-state index is 9.83. The summed E-state index contributed by atoms with van der Waals surface area (Å²) in [6.07, 6.45) is -15.1. The summed E-state index contributed by atoms with van der Waals surface area (Å²) in [7, 11) is 0. The van der Waals surface area contributed by atoms with Crippen LogP contribution in [-0.4, -0.2) is 121 Å². The van der Waals surface area contributed by atoms with Gasteiger partial charge in [0.2, 0.25) is 0 Å². The average molecular weight is 344 g/mol. The van der Waals surface area contributed by atoms with E-state index >= 15 is 0 Å². The van der Waals surface area contributed by atoms with E-state index in [1.807, 2.05) is 0 Å². The molecular formula is C12H24O11. The fourth-order valence-electron chi connectivity index (χ4n) is 2.16. The smallest absolute Gasteiger partial charge is 0.187 e. The van der Waals surface area contributed by atoms with Crippen molar-refractivity contribution in [3.63, 3.8) is 0 Å². The van der Waals surface area contributed by atoms with Crippen LogP contribution in [0.5, 0.6) is 0 Å². The molecule has 1 heterocycles. The summed E-state index contributed by atoms with van der Waals surface area (Å²) >= 11 is 0. The number of aliphatic hydroxyl groups is 9. The van der Waals surface area contributed by atoms with Crippen LogP contribution in [0.15, 0.2) is 0 Å². The van der Waals surface area contributed by atoms with E-state index in [1.165, 1.54) is 0 Å². The summed E-state index contributed by atoms with van der Waals surface area (Å²) < 4.78 is 10.1. The Morgan fingerprint density at radius 2 is 1.39 bits per heavy atom. The molecule has 0 aromatic rings. The molecule has 11 heteroatoms. The van der Waals surface area contributed by atoms with Crippen molar-refractivity contribution < 1.29 is 55.4 Å². The third-order valence-corrected chi connectivity index (χ3v) is 3.62. The summed E-state index contributed by atoms with van der Waals surface area (Å²) in [6.45, 7) is -2.45. The van der Waals surface area contributed by atoms with E-state index in [-0.39, 0.29) is 0 Å². The highest BCUT2D eigenvalue weighted by molar-refractivity contribution is 4.91. The Morgan fingerprint density at radius 3 is 1.87 bits per heavy atom. The van der Waals surface area contributed by atoms with Crippen LogP contribution in [0.25, 0.3) is 0 Å². The van der Waals surface area contributed by atoms with Crippen LogP contribution in [-0.2, 0) is 9.47 Å². The molecule has 1 saturated heterocycles. The standard InChI is InChI=1S/C12H24O11/c13-1-4(16)7(18)11(5(17)2-14)23-12-10(21)9(20)8(19)6(3-15)22-12/h4-21H,1-3H2/t4-,5-,6+,7+,8-,9-,10+,11-,12-/m1/s1.